The third-order valence-electron chi connectivity index (χ3n) is 4.28. The van der Waals surface area contributed by atoms with Crippen LogP contribution < -0.4 is 4.90 Å². The third kappa shape index (κ3) is 4.29. The molecule has 5 nitrogen and oxygen atoms in total. The Hall–Kier alpha value is -3.21. The van der Waals surface area contributed by atoms with E-state index in [-0.39, 0.29) is 18.2 Å². The van der Waals surface area contributed by atoms with Crippen molar-refractivity contribution >= 4 is 44.9 Å². The van der Waals surface area contributed by atoms with E-state index in [4.69, 9.17) is 5.26 Å². The van der Waals surface area contributed by atoms with Crippen LogP contribution in [0.15, 0.2) is 78.1 Å². The Kier molecular flexibility index (Phi) is 5.84. The SMILES string of the molecule is N#CCN(C(=O)CSc1ncnc2sc(-c3ccccc3)cc12)c1ccccc1. The molecule has 0 fully saturated rings. The number of hydrogen-bond acceptors (Lipinski definition) is 6. The molecule has 0 spiro atoms. The first-order chi connectivity index (χ1) is 14.3. The second-order valence-electron chi connectivity index (χ2n) is 6.14. The Balaban J connectivity index is 1.55. The van der Waals surface area contributed by atoms with Gasteiger partial charge in [0, 0.05) is 16.0 Å². The summed E-state index contributed by atoms with van der Waals surface area (Å²) in [6, 6.07) is 23.5. The van der Waals surface area contributed by atoms with Crippen molar-refractivity contribution in [3.63, 3.8) is 0 Å². The first-order valence-electron chi connectivity index (χ1n) is 8.91. The van der Waals surface area contributed by atoms with E-state index >= 15 is 0 Å². The van der Waals surface area contributed by atoms with Gasteiger partial charge in [-0.2, -0.15) is 5.26 Å². The molecule has 4 rings (SSSR count). The Bertz CT molecular complexity index is 1170. The molecule has 0 atom stereocenters. The summed E-state index contributed by atoms with van der Waals surface area (Å²) in [4.78, 5) is 25.1. The lowest BCUT2D eigenvalue weighted by molar-refractivity contribution is -0.116. The first-order valence-corrected chi connectivity index (χ1v) is 10.7. The largest absolute Gasteiger partial charge is 0.298 e. The summed E-state index contributed by atoms with van der Waals surface area (Å²) in [7, 11) is 0. The number of benzene rings is 2. The second kappa shape index (κ2) is 8.86. The predicted molar refractivity (Wildman–Crippen MR) is 118 cm³/mol. The summed E-state index contributed by atoms with van der Waals surface area (Å²) in [6.07, 6.45) is 1.53. The number of fused-ring (bicyclic) bond motifs is 1. The molecule has 1 amide bonds. The lowest BCUT2D eigenvalue weighted by atomic mass is 10.2. The van der Waals surface area contributed by atoms with Crippen LogP contribution >= 0.6 is 23.1 Å². The summed E-state index contributed by atoms with van der Waals surface area (Å²) in [6.45, 7) is 0.0131. The number of anilines is 1. The van der Waals surface area contributed by atoms with Crippen LogP contribution in [0.1, 0.15) is 0 Å². The van der Waals surface area contributed by atoms with E-state index in [1.54, 1.807) is 11.3 Å². The summed E-state index contributed by atoms with van der Waals surface area (Å²) in [5.74, 6) is 0.0622. The fourth-order valence-electron chi connectivity index (χ4n) is 2.90. The number of thioether (sulfide) groups is 1. The molecule has 0 N–H and O–H groups in total. The number of carbonyl (C=O) groups is 1. The van der Waals surface area contributed by atoms with Crippen LogP contribution in [-0.2, 0) is 4.79 Å². The normalized spacial score (nSPS) is 10.6. The maximum atomic E-state index is 12.8. The molecular formula is C22H16N4OS2. The van der Waals surface area contributed by atoms with Crippen molar-refractivity contribution in [2.45, 2.75) is 5.03 Å². The summed E-state index contributed by atoms with van der Waals surface area (Å²) < 4.78 is 0. The van der Waals surface area contributed by atoms with Crippen LogP contribution in [0.25, 0.3) is 20.7 Å². The number of amides is 1. The molecule has 2 aromatic carbocycles. The van der Waals surface area contributed by atoms with Crippen LogP contribution in [-0.4, -0.2) is 28.2 Å². The van der Waals surface area contributed by atoms with Crippen LogP contribution in [0.5, 0.6) is 0 Å². The predicted octanol–water partition coefficient (Wildman–Crippen LogP) is 5.01. The smallest absolute Gasteiger partial charge is 0.238 e. The van der Waals surface area contributed by atoms with E-state index in [9.17, 15) is 4.79 Å². The van der Waals surface area contributed by atoms with E-state index in [2.05, 4.69) is 34.2 Å². The topological polar surface area (TPSA) is 69.9 Å². The second-order valence-corrected chi connectivity index (χ2v) is 8.13. The van der Waals surface area contributed by atoms with Gasteiger partial charge >= 0.3 is 0 Å². The number of para-hydroxylation sites is 1. The van der Waals surface area contributed by atoms with Gasteiger partial charge in [0.1, 0.15) is 22.7 Å². The average Bonchev–Trinajstić information content (AvgIpc) is 3.22. The molecule has 29 heavy (non-hydrogen) atoms. The Morgan fingerprint density at radius 1 is 1.07 bits per heavy atom. The third-order valence-corrected chi connectivity index (χ3v) is 6.36. The molecule has 2 aromatic heterocycles. The number of nitriles is 1. The van der Waals surface area contributed by atoms with Gasteiger partial charge in [0.25, 0.3) is 0 Å². The fraction of sp³-hybridized carbons (Fsp3) is 0.0909. The molecule has 0 saturated heterocycles. The Morgan fingerprint density at radius 2 is 1.79 bits per heavy atom. The lowest BCUT2D eigenvalue weighted by Gasteiger charge is -2.19. The van der Waals surface area contributed by atoms with Crippen molar-refractivity contribution in [3.8, 4) is 16.5 Å². The van der Waals surface area contributed by atoms with E-state index in [1.807, 2.05) is 48.5 Å². The van der Waals surface area contributed by atoms with Crippen LogP contribution in [0, 0.1) is 11.3 Å². The summed E-state index contributed by atoms with van der Waals surface area (Å²) >= 11 is 2.98. The van der Waals surface area contributed by atoms with Gasteiger partial charge in [-0.1, -0.05) is 60.3 Å². The van der Waals surface area contributed by atoms with Crippen LogP contribution in [0.3, 0.4) is 0 Å². The molecule has 0 aliphatic heterocycles. The molecule has 142 valence electrons. The van der Waals surface area contributed by atoms with Gasteiger partial charge in [0.2, 0.25) is 5.91 Å². The zero-order valence-electron chi connectivity index (χ0n) is 15.4. The molecule has 7 heteroatoms. The van der Waals surface area contributed by atoms with Gasteiger partial charge in [-0.3, -0.25) is 9.69 Å². The van der Waals surface area contributed by atoms with Crippen molar-refractivity contribution in [1.29, 1.82) is 5.26 Å². The maximum absolute atomic E-state index is 12.8. The van der Waals surface area contributed by atoms with E-state index in [0.717, 1.165) is 31.4 Å². The standard InChI is InChI=1S/C22H16N4OS2/c23-11-12-26(17-9-5-2-6-10-17)20(27)14-28-21-18-13-19(16-7-3-1-4-8-16)29-22(18)25-15-24-21/h1-10,13,15H,12,14H2. The van der Waals surface area contributed by atoms with Crippen molar-refractivity contribution in [3.05, 3.63) is 73.1 Å². The number of carbonyl (C=O) groups excluding carboxylic acids is 1. The lowest BCUT2D eigenvalue weighted by Crippen LogP contribution is -2.32. The minimum atomic E-state index is -0.131. The van der Waals surface area contributed by atoms with E-state index < -0.39 is 0 Å². The Labute approximate surface area is 176 Å². The van der Waals surface area contributed by atoms with Gasteiger partial charge < -0.3 is 0 Å². The molecule has 0 bridgehead atoms. The van der Waals surface area contributed by atoms with Gasteiger partial charge in [0.15, 0.2) is 0 Å². The van der Waals surface area contributed by atoms with Gasteiger partial charge in [-0.05, 0) is 23.8 Å². The molecule has 0 unspecified atom stereocenters. The number of hydrogen-bond donors (Lipinski definition) is 0. The molecule has 0 aliphatic carbocycles. The molecule has 0 saturated carbocycles. The molecule has 2 heterocycles. The van der Waals surface area contributed by atoms with E-state index in [1.165, 1.54) is 23.0 Å². The number of aromatic nitrogens is 2. The highest BCUT2D eigenvalue weighted by Gasteiger charge is 2.17. The molecule has 0 aliphatic rings. The van der Waals surface area contributed by atoms with Crippen molar-refractivity contribution in [2.75, 3.05) is 17.2 Å². The number of nitrogens with zero attached hydrogens (tertiary/aromatic N) is 4. The van der Waals surface area contributed by atoms with Gasteiger partial charge in [-0.15, -0.1) is 11.3 Å². The molecule has 4 aromatic rings. The molecular weight excluding hydrogens is 400 g/mol. The quantitative estimate of drug-likeness (QED) is 0.251. The number of thiophene rings is 1. The fourth-order valence-corrected chi connectivity index (χ4v) is 4.82. The van der Waals surface area contributed by atoms with Crippen molar-refractivity contribution < 1.29 is 4.79 Å². The van der Waals surface area contributed by atoms with Crippen LogP contribution in [0.2, 0.25) is 0 Å². The van der Waals surface area contributed by atoms with E-state index in [0.29, 0.717) is 0 Å². The first kappa shape index (κ1) is 19.1. The van der Waals surface area contributed by atoms with Crippen molar-refractivity contribution in [1.82, 2.24) is 9.97 Å². The van der Waals surface area contributed by atoms with Crippen LogP contribution in [0.4, 0.5) is 5.69 Å². The monoisotopic (exact) mass is 416 g/mol. The van der Waals surface area contributed by atoms with Gasteiger partial charge in [0.05, 0.1) is 11.8 Å². The highest BCUT2D eigenvalue weighted by molar-refractivity contribution is 8.00. The zero-order chi connectivity index (χ0) is 20.1. The summed E-state index contributed by atoms with van der Waals surface area (Å²) in [5.41, 5.74) is 1.85. The highest BCUT2D eigenvalue weighted by Crippen LogP contribution is 2.36. The molecule has 0 radical (unpaired) electrons. The van der Waals surface area contributed by atoms with Crippen molar-refractivity contribution in [2.24, 2.45) is 0 Å². The maximum Gasteiger partial charge on any atom is 0.238 e. The highest BCUT2D eigenvalue weighted by atomic mass is 32.2. The minimum absolute atomic E-state index is 0.0131. The average molecular weight is 417 g/mol. The minimum Gasteiger partial charge on any atom is -0.298 e. The zero-order valence-corrected chi connectivity index (χ0v) is 17.0. The summed E-state index contributed by atoms with van der Waals surface area (Å²) in [5, 5.41) is 10.8. The Morgan fingerprint density at radius 3 is 2.52 bits per heavy atom. The van der Waals surface area contributed by atoms with Gasteiger partial charge in [-0.25, -0.2) is 9.97 Å². The number of rotatable bonds is 6.